The third kappa shape index (κ3) is 2.69. The Morgan fingerprint density at radius 2 is 1.83 bits per heavy atom. The van der Waals surface area contributed by atoms with Gasteiger partial charge in [0.25, 0.3) is 0 Å². The van der Waals surface area contributed by atoms with Gasteiger partial charge in [0, 0.05) is 10.9 Å². The number of methoxy groups -OCH3 is 3. The van der Waals surface area contributed by atoms with Crippen molar-refractivity contribution in [2.75, 3.05) is 26.7 Å². The molecule has 1 rings (SSSR count). The molecular formula is C12H15BrO5. The van der Waals surface area contributed by atoms with Crippen molar-refractivity contribution in [2.24, 2.45) is 0 Å². The fourth-order valence-electron chi connectivity index (χ4n) is 1.75. The van der Waals surface area contributed by atoms with Crippen LogP contribution >= 0.6 is 15.9 Å². The van der Waals surface area contributed by atoms with Crippen LogP contribution in [0.3, 0.4) is 0 Å². The van der Waals surface area contributed by atoms with Crippen molar-refractivity contribution < 1.29 is 24.1 Å². The van der Waals surface area contributed by atoms with E-state index in [0.717, 1.165) is 0 Å². The molecule has 0 fully saturated rings. The Morgan fingerprint density at radius 3 is 2.22 bits per heavy atom. The van der Waals surface area contributed by atoms with E-state index in [9.17, 15) is 9.90 Å². The minimum Gasteiger partial charge on any atom is -0.493 e. The SMILES string of the molecule is COc1cc(C(=O)O)c(CCBr)c(OC)c1OC. The van der Waals surface area contributed by atoms with Crippen LogP contribution in [0.1, 0.15) is 15.9 Å². The maximum atomic E-state index is 11.3. The molecule has 1 aromatic rings. The Bertz CT molecular complexity index is 445. The van der Waals surface area contributed by atoms with Gasteiger partial charge in [-0.2, -0.15) is 0 Å². The molecule has 0 heterocycles. The first-order valence-corrected chi connectivity index (χ1v) is 6.33. The maximum absolute atomic E-state index is 11.3. The van der Waals surface area contributed by atoms with Crippen molar-refractivity contribution in [3.8, 4) is 17.2 Å². The summed E-state index contributed by atoms with van der Waals surface area (Å²) >= 11 is 3.29. The predicted octanol–water partition coefficient (Wildman–Crippen LogP) is 2.35. The van der Waals surface area contributed by atoms with E-state index in [-0.39, 0.29) is 5.56 Å². The zero-order chi connectivity index (χ0) is 13.7. The van der Waals surface area contributed by atoms with Gasteiger partial charge in [0.15, 0.2) is 11.5 Å². The summed E-state index contributed by atoms with van der Waals surface area (Å²) in [5, 5.41) is 9.85. The lowest BCUT2D eigenvalue weighted by Crippen LogP contribution is -2.08. The van der Waals surface area contributed by atoms with Crippen LogP contribution in [0.5, 0.6) is 17.2 Å². The summed E-state index contributed by atoms with van der Waals surface area (Å²) in [4.78, 5) is 11.3. The number of ether oxygens (including phenoxy) is 3. The van der Waals surface area contributed by atoms with Gasteiger partial charge in [-0.1, -0.05) is 15.9 Å². The largest absolute Gasteiger partial charge is 0.493 e. The number of aromatic carboxylic acids is 1. The second-order valence-electron chi connectivity index (χ2n) is 3.42. The Balaban J connectivity index is 3.57. The van der Waals surface area contributed by atoms with Gasteiger partial charge in [0.1, 0.15) is 0 Å². The summed E-state index contributed by atoms with van der Waals surface area (Å²) in [6.45, 7) is 0. The lowest BCUT2D eigenvalue weighted by Gasteiger charge is -2.17. The minimum absolute atomic E-state index is 0.156. The number of hydrogen-bond acceptors (Lipinski definition) is 4. The Kier molecular flexibility index (Phi) is 5.27. The van der Waals surface area contributed by atoms with E-state index in [0.29, 0.717) is 34.6 Å². The van der Waals surface area contributed by atoms with Gasteiger partial charge in [0.05, 0.1) is 26.9 Å². The molecule has 0 saturated heterocycles. The first kappa shape index (κ1) is 14.6. The number of hydrogen-bond donors (Lipinski definition) is 1. The van der Waals surface area contributed by atoms with Gasteiger partial charge < -0.3 is 19.3 Å². The van der Waals surface area contributed by atoms with Crippen LogP contribution in [0.15, 0.2) is 6.07 Å². The Morgan fingerprint density at radius 1 is 1.22 bits per heavy atom. The van der Waals surface area contributed by atoms with E-state index < -0.39 is 5.97 Å². The molecule has 100 valence electrons. The molecule has 5 nitrogen and oxygen atoms in total. The normalized spacial score (nSPS) is 10.0. The molecule has 0 bridgehead atoms. The van der Waals surface area contributed by atoms with Crippen LogP contribution in [0.2, 0.25) is 0 Å². The van der Waals surface area contributed by atoms with Crippen molar-refractivity contribution in [1.29, 1.82) is 0 Å². The lowest BCUT2D eigenvalue weighted by molar-refractivity contribution is 0.0694. The molecule has 0 spiro atoms. The van der Waals surface area contributed by atoms with E-state index >= 15 is 0 Å². The third-order valence-electron chi connectivity index (χ3n) is 2.51. The maximum Gasteiger partial charge on any atom is 0.336 e. The first-order chi connectivity index (χ1) is 8.60. The molecule has 1 aromatic carbocycles. The van der Waals surface area contributed by atoms with Crippen LogP contribution < -0.4 is 14.2 Å². The topological polar surface area (TPSA) is 65.0 Å². The van der Waals surface area contributed by atoms with E-state index in [1.54, 1.807) is 0 Å². The number of halogens is 1. The van der Waals surface area contributed by atoms with Gasteiger partial charge in [0.2, 0.25) is 5.75 Å². The van der Waals surface area contributed by atoms with Crippen LogP contribution in [-0.4, -0.2) is 37.7 Å². The molecular weight excluding hydrogens is 304 g/mol. The summed E-state index contributed by atoms with van der Waals surface area (Å²) in [5.41, 5.74) is 0.739. The van der Waals surface area contributed by atoms with Crippen LogP contribution in [0.25, 0.3) is 0 Å². The molecule has 0 unspecified atom stereocenters. The third-order valence-corrected chi connectivity index (χ3v) is 2.90. The monoisotopic (exact) mass is 318 g/mol. The molecule has 6 heteroatoms. The minimum atomic E-state index is -1.02. The van der Waals surface area contributed by atoms with Crippen LogP contribution in [-0.2, 0) is 6.42 Å². The van der Waals surface area contributed by atoms with Gasteiger partial charge in [-0.15, -0.1) is 0 Å². The highest BCUT2D eigenvalue weighted by molar-refractivity contribution is 9.09. The average molecular weight is 319 g/mol. The quantitative estimate of drug-likeness (QED) is 0.816. The zero-order valence-corrected chi connectivity index (χ0v) is 12.0. The van der Waals surface area contributed by atoms with Gasteiger partial charge in [-0.05, 0) is 12.5 Å². The second-order valence-corrected chi connectivity index (χ2v) is 4.21. The fraction of sp³-hybridized carbons (Fsp3) is 0.417. The number of alkyl halides is 1. The molecule has 0 amide bonds. The summed E-state index contributed by atoms with van der Waals surface area (Å²) in [6, 6.07) is 1.45. The van der Waals surface area contributed by atoms with Crippen LogP contribution in [0.4, 0.5) is 0 Å². The van der Waals surface area contributed by atoms with Crippen molar-refractivity contribution in [2.45, 2.75) is 6.42 Å². The smallest absolute Gasteiger partial charge is 0.336 e. The second kappa shape index (κ2) is 6.49. The summed E-state index contributed by atoms with van der Waals surface area (Å²) in [5.74, 6) is 0.116. The van der Waals surface area contributed by atoms with E-state index in [4.69, 9.17) is 14.2 Å². The highest BCUT2D eigenvalue weighted by Gasteiger charge is 2.23. The zero-order valence-electron chi connectivity index (χ0n) is 10.4. The van der Waals surface area contributed by atoms with Crippen molar-refractivity contribution >= 4 is 21.9 Å². The molecule has 0 aliphatic heterocycles. The molecule has 0 saturated carbocycles. The Labute approximate surface area is 114 Å². The van der Waals surface area contributed by atoms with E-state index in [1.165, 1.54) is 27.4 Å². The van der Waals surface area contributed by atoms with Gasteiger partial charge in [-0.3, -0.25) is 0 Å². The molecule has 0 radical (unpaired) electrons. The molecule has 18 heavy (non-hydrogen) atoms. The number of carbonyl (C=O) groups is 1. The number of carboxylic acid groups (broad SMARTS) is 1. The molecule has 0 atom stereocenters. The van der Waals surface area contributed by atoms with Gasteiger partial charge in [-0.25, -0.2) is 4.79 Å². The van der Waals surface area contributed by atoms with Gasteiger partial charge >= 0.3 is 5.97 Å². The summed E-state index contributed by atoms with van der Waals surface area (Å²) < 4.78 is 15.6. The summed E-state index contributed by atoms with van der Waals surface area (Å²) in [6.07, 6.45) is 0.519. The fourth-order valence-corrected chi connectivity index (χ4v) is 2.15. The Hall–Kier alpha value is -1.43. The standard InChI is InChI=1S/C12H15BrO5/c1-16-9-6-8(12(14)15)7(4-5-13)10(17-2)11(9)18-3/h6H,4-5H2,1-3H3,(H,14,15). The number of carboxylic acids is 1. The van der Waals surface area contributed by atoms with E-state index in [1.807, 2.05) is 0 Å². The summed E-state index contributed by atoms with van der Waals surface area (Å²) in [7, 11) is 4.41. The predicted molar refractivity (Wildman–Crippen MR) is 70.6 cm³/mol. The highest BCUT2D eigenvalue weighted by Crippen LogP contribution is 2.42. The lowest BCUT2D eigenvalue weighted by atomic mass is 10.0. The molecule has 0 aromatic heterocycles. The van der Waals surface area contributed by atoms with Crippen molar-refractivity contribution in [1.82, 2.24) is 0 Å². The highest BCUT2D eigenvalue weighted by atomic mass is 79.9. The molecule has 0 aliphatic carbocycles. The van der Waals surface area contributed by atoms with Crippen molar-refractivity contribution in [3.63, 3.8) is 0 Å². The van der Waals surface area contributed by atoms with Crippen molar-refractivity contribution in [3.05, 3.63) is 17.2 Å². The first-order valence-electron chi connectivity index (χ1n) is 5.21. The van der Waals surface area contributed by atoms with E-state index in [2.05, 4.69) is 15.9 Å². The number of rotatable bonds is 6. The average Bonchev–Trinajstić information content (AvgIpc) is 2.37. The van der Waals surface area contributed by atoms with Crippen LogP contribution in [0, 0.1) is 0 Å². The number of benzene rings is 1. The molecule has 0 aliphatic rings. The molecule has 1 N–H and O–H groups in total.